The molecular formula is C14H19N3O2S2. The van der Waals surface area contributed by atoms with Gasteiger partial charge in [-0.3, -0.25) is 0 Å². The molecule has 0 aliphatic carbocycles. The third kappa shape index (κ3) is 4.89. The van der Waals surface area contributed by atoms with Gasteiger partial charge in [0.1, 0.15) is 5.01 Å². The van der Waals surface area contributed by atoms with Crippen LogP contribution in [0.25, 0.3) is 0 Å². The second-order valence-corrected chi connectivity index (χ2v) is 7.68. The van der Waals surface area contributed by atoms with Gasteiger partial charge in [-0.25, -0.2) is 18.1 Å². The highest BCUT2D eigenvalue weighted by Crippen LogP contribution is 2.14. The first kappa shape index (κ1) is 16.1. The summed E-state index contributed by atoms with van der Waals surface area (Å²) >= 11 is 1.53. The highest BCUT2D eigenvalue weighted by molar-refractivity contribution is 7.88. The first-order valence-corrected chi connectivity index (χ1v) is 9.18. The second kappa shape index (κ2) is 7.13. The average molecular weight is 325 g/mol. The maximum absolute atomic E-state index is 12.0. The van der Waals surface area contributed by atoms with Gasteiger partial charge in [-0.1, -0.05) is 31.2 Å². The predicted molar refractivity (Wildman–Crippen MR) is 85.3 cm³/mol. The van der Waals surface area contributed by atoms with Crippen LogP contribution in [0.4, 0.5) is 0 Å². The first-order chi connectivity index (χ1) is 10.0. The minimum Gasteiger partial charge on any atom is -0.326 e. The van der Waals surface area contributed by atoms with E-state index in [1.165, 1.54) is 11.3 Å². The minimum absolute atomic E-state index is 0.0378. The summed E-state index contributed by atoms with van der Waals surface area (Å²) in [7, 11) is -3.36. The van der Waals surface area contributed by atoms with E-state index in [4.69, 9.17) is 5.73 Å². The van der Waals surface area contributed by atoms with E-state index in [1.807, 2.05) is 19.1 Å². The van der Waals surface area contributed by atoms with Gasteiger partial charge in [0.2, 0.25) is 10.0 Å². The Morgan fingerprint density at radius 2 is 1.90 bits per heavy atom. The van der Waals surface area contributed by atoms with Gasteiger partial charge in [-0.05, 0) is 17.5 Å². The molecule has 0 spiro atoms. The molecule has 21 heavy (non-hydrogen) atoms. The average Bonchev–Trinajstić information content (AvgIpc) is 2.94. The Kier molecular flexibility index (Phi) is 5.46. The van der Waals surface area contributed by atoms with Gasteiger partial charge in [0.05, 0.1) is 12.3 Å². The summed E-state index contributed by atoms with van der Waals surface area (Å²) in [5.74, 6) is -0.0378. The Hall–Kier alpha value is -1.28. The Labute approximate surface area is 129 Å². The number of thiazole rings is 1. The summed E-state index contributed by atoms with van der Waals surface area (Å²) in [6.45, 7) is 2.75. The number of benzene rings is 1. The molecule has 1 aromatic heterocycles. The molecule has 2 aromatic rings. The van der Waals surface area contributed by atoms with Crippen molar-refractivity contribution in [3.63, 3.8) is 0 Å². The van der Waals surface area contributed by atoms with Gasteiger partial charge in [-0.15, -0.1) is 11.3 Å². The molecule has 7 heteroatoms. The Morgan fingerprint density at radius 3 is 2.48 bits per heavy atom. The van der Waals surface area contributed by atoms with E-state index in [1.54, 1.807) is 18.3 Å². The third-order valence-electron chi connectivity index (χ3n) is 3.01. The normalized spacial score (nSPS) is 11.7. The summed E-state index contributed by atoms with van der Waals surface area (Å²) in [5.41, 5.74) is 7.25. The lowest BCUT2D eigenvalue weighted by atomic mass is 10.1. The van der Waals surface area contributed by atoms with Crippen LogP contribution in [0, 0.1) is 0 Å². The summed E-state index contributed by atoms with van der Waals surface area (Å²) in [5, 5.41) is 0.786. The number of rotatable bonds is 7. The van der Waals surface area contributed by atoms with E-state index in [0.717, 1.165) is 27.4 Å². The van der Waals surface area contributed by atoms with Gasteiger partial charge < -0.3 is 5.73 Å². The lowest BCUT2D eigenvalue weighted by Gasteiger charge is -2.06. The largest absolute Gasteiger partial charge is 0.326 e. The van der Waals surface area contributed by atoms with Crippen molar-refractivity contribution in [2.24, 2.45) is 5.73 Å². The SMILES string of the molecule is CCc1cnc(CNS(=O)(=O)Cc2ccc(CN)cc2)s1. The fraction of sp³-hybridized carbons (Fsp3) is 0.357. The summed E-state index contributed by atoms with van der Waals surface area (Å²) in [6.07, 6.45) is 2.71. The van der Waals surface area contributed by atoms with Crippen LogP contribution in [-0.2, 0) is 35.3 Å². The molecule has 0 aliphatic heterocycles. The van der Waals surface area contributed by atoms with Gasteiger partial charge in [-0.2, -0.15) is 0 Å². The topological polar surface area (TPSA) is 85.1 Å². The van der Waals surface area contributed by atoms with Crippen LogP contribution >= 0.6 is 11.3 Å². The van der Waals surface area contributed by atoms with Crippen molar-refractivity contribution >= 4 is 21.4 Å². The number of nitrogens with zero attached hydrogens (tertiary/aromatic N) is 1. The maximum Gasteiger partial charge on any atom is 0.216 e. The van der Waals surface area contributed by atoms with Gasteiger partial charge in [0.15, 0.2) is 0 Å². The monoisotopic (exact) mass is 325 g/mol. The molecule has 0 radical (unpaired) electrons. The lowest BCUT2D eigenvalue weighted by molar-refractivity contribution is 0.580. The molecule has 0 atom stereocenters. The maximum atomic E-state index is 12.0. The molecule has 114 valence electrons. The molecule has 0 unspecified atom stereocenters. The molecule has 0 saturated heterocycles. The van der Waals surface area contributed by atoms with Crippen molar-refractivity contribution in [2.45, 2.75) is 32.2 Å². The van der Waals surface area contributed by atoms with Crippen LogP contribution in [0.2, 0.25) is 0 Å². The van der Waals surface area contributed by atoms with Crippen molar-refractivity contribution in [1.29, 1.82) is 0 Å². The van der Waals surface area contributed by atoms with Crippen molar-refractivity contribution in [3.05, 3.63) is 51.5 Å². The van der Waals surface area contributed by atoms with Gasteiger partial charge in [0, 0.05) is 17.6 Å². The summed E-state index contributed by atoms with van der Waals surface area (Å²) in [6, 6.07) is 7.28. The van der Waals surface area contributed by atoms with Crippen LogP contribution in [0.3, 0.4) is 0 Å². The number of aryl methyl sites for hydroxylation is 1. The standard InChI is InChI=1S/C14H19N3O2S2/c1-2-13-8-16-14(20-13)9-17-21(18,19)10-12-5-3-11(7-15)4-6-12/h3-6,8,17H,2,7,9-10,15H2,1H3. The van der Waals surface area contributed by atoms with Crippen LogP contribution in [0.1, 0.15) is 27.9 Å². The molecule has 3 N–H and O–H groups in total. The molecule has 1 heterocycles. The molecule has 2 rings (SSSR count). The van der Waals surface area contributed by atoms with E-state index in [9.17, 15) is 8.42 Å². The molecule has 5 nitrogen and oxygen atoms in total. The first-order valence-electron chi connectivity index (χ1n) is 6.71. The zero-order valence-electron chi connectivity index (χ0n) is 11.9. The fourth-order valence-corrected chi connectivity index (χ4v) is 3.79. The number of nitrogens with two attached hydrogens (primary N) is 1. The van der Waals surface area contributed by atoms with Gasteiger partial charge >= 0.3 is 0 Å². The molecule has 0 aliphatic rings. The number of nitrogens with one attached hydrogen (secondary N) is 1. The van der Waals surface area contributed by atoms with E-state index in [2.05, 4.69) is 9.71 Å². The molecular weight excluding hydrogens is 306 g/mol. The molecule has 0 saturated carbocycles. The van der Waals surface area contributed by atoms with E-state index in [-0.39, 0.29) is 12.3 Å². The van der Waals surface area contributed by atoms with E-state index >= 15 is 0 Å². The highest BCUT2D eigenvalue weighted by Gasteiger charge is 2.12. The van der Waals surface area contributed by atoms with Crippen LogP contribution < -0.4 is 10.5 Å². The van der Waals surface area contributed by atoms with Gasteiger partial charge in [0.25, 0.3) is 0 Å². The predicted octanol–water partition coefficient (Wildman–Crippen LogP) is 1.78. The Morgan fingerprint density at radius 1 is 1.24 bits per heavy atom. The minimum atomic E-state index is -3.36. The zero-order valence-corrected chi connectivity index (χ0v) is 13.5. The van der Waals surface area contributed by atoms with Crippen LogP contribution in [0.5, 0.6) is 0 Å². The molecule has 0 amide bonds. The zero-order chi connectivity index (χ0) is 15.3. The number of hydrogen-bond donors (Lipinski definition) is 2. The second-order valence-electron chi connectivity index (χ2n) is 4.67. The summed E-state index contributed by atoms with van der Waals surface area (Å²) < 4.78 is 26.7. The Bertz CT molecular complexity index is 678. The highest BCUT2D eigenvalue weighted by atomic mass is 32.2. The van der Waals surface area contributed by atoms with Crippen molar-refractivity contribution < 1.29 is 8.42 Å². The van der Waals surface area contributed by atoms with Crippen molar-refractivity contribution in [2.75, 3.05) is 0 Å². The number of hydrogen-bond acceptors (Lipinski definition) is 5. The molecule has 1 aromatic carbocycles. The lowest BCUT2D eigenvalue weighted by Crippen LogP contribution is -2.24. The quantitative estimate of drug-likeness (QED) is 0.812. The summed E-state index contributed by atoms with van der Waals surface area (Å²) in [4.78, 5) is 5.35. The van der Waals surface area contributed by atoms with E-state index < -0.39 is 10.0 Å². The smallest absolute Gasteiger partial charge is 0.216 e. The number of sulfonamides is 1. The van der Waals surface area contributed by atoms with Crippen LogP contribution in [-0.4, -0.2) is 13.4 Å². The fourth-order valence-electron chi connectivity index (χ4n) is 1.81. The van der Waals surface area contributed by atoms with Crippen molar-refractivity contribution in [1.82, 2.24) is 9.71 Å². The van der Waals surface area contributed by atoms with Crippen LogP contribution in [0.15, 0.2) is 30.5 Å². The van der Waals surface area contributed by atoms with E-state index in [0.29, 0.717) is 6.54 Å². The number of aromatic nitrogens is 1. The third-order valence-corrected chi connectivity index (χ3v) is 5.45. The van der Waals surface area contributed by atoms with Crippen molar-refractivity contribution in [3.8, 4) is 0 Å². The Balaban J connectivity index is 1.94. The molecule has 0 fully saturated rings. The molecule has 0 bridgehead atoms.